The Balaban J connectivity index is 2.08. The summed E-state index contributed by atoms with van der Waals surface area (Å²) in [4.78, 5) is 6.39. The van der Waals surface area contributed by atoms with Crippen molar-refractivity contribution in [3.63, 3.8) is 0 Å². The van der Waals surface area contributed by atoms with Crippen LogP contribution in [0.1, 0.15) is 12.5 Å². The molecule has 60 valence electrons. The van der Waals surface area contributed by atoms with Gasteiger partial charge in [-0.15, -0.1) is 0 Å². The zero-order chi connectivity index (χ0) is 7.68. The number of likely N-dealkylation sites (tertiary alicyclic amines) is 1. The normalized spacial score (nSPS) is 26.1. The van der Waals surface area contributed by atoms with Gasteiger partial charge in [0, 0.05) is 25.0 Å². The second-order valence-corrected chi connectivity index (χ2v) is 3.21. The maximum Gasteiger partial charge on any atom is 0.0948 e. The molecule has 0 aromatic carbocycles. The molecule has 1 aliphatic rings. The Kier molecular flexibility index (Phi) is 1.66. The van der Waals surface area contributed by atoms with Crippen LogP contribution in [0.2, 0.25) is 0 Å². The van der Waals surface area contributed by atoms with Crippen LogP contribution in [0, 0.1) is 0 Å². The molecule has 1 fully saturated rings. The standard InChI is InChI=1S/C8H13N3/c1-10-4-2-8(6-10)11-5-3-9-7-11/h3,5,7-8H,2,4,6H2,1H3/t8-/m0/s1. The minimum atomic E-state index is 0.655. The van der Waals surface area contributed by atoms with Crippen LogP contribution in [0.25, 0.3) is 0 Å². The van der Waals surface area contributed by atoms with Gasteiger partial charge in [0.15, 0.2) is 0 Å². The number of hydrogen-bond donors (Lipinski definition) is 0. The summed E-state index contributed by atoms with van der Waals surface area (Å²) in [6.07, 6.45) is 7.05. The van der Waals surface area contributed by atoms with E-state index in [1.54, 1.807) is 0 Å². The SMILES string of the molecule is CN1CC[C@H](n2ccnc2)C1. The van der Waals surface area contributed by atoms with Crippen LogP contribution in [0.15, 0.2) is 18.7 Å². The monoisotopic (exact) mass is 151 g/mol. The summed E-state index contributed by atoms with van der Waals surface area (Å²) >= 11 is 0. The molecular weight excluding hydrogens is 138 g/mol. The third-order valence-electron chi connectivity index (χ3n) is 2.31. The Hall–Kier alpha value is -0.830. The van der Waals surface area contributed by atoms with Gasteiger partial charge in [0.1, 0.15) is 0 Å². The first-order valence-corrected chi connectivity index (χ1v) is 4.02. The Morgan fingerprint density at radius 2 is 2.45 bits per heavy atom. The van der Waals surface area contributed by atoms with Crippen LogP contribution in [0.5, 0.6) is 0 Å². The molecular formula is C8H13N3. The first kappa shape index (κ1) is 6.85. The Bertz CT molecular complexity index is 217. The first-order valence-electron chi connectivity index (χ1n) is 4.02. The van der Waals surface area contributed by atoms with Crippen LogP contribution < -0.4 is 0 Å². The molecule has 0 spiro atoms. The van der Waals surface area contributed by atoms with E-state index in [9.17, 15) is 0 Å². The molecule has 2 rings (SSSR count). The van der Waals surface area contributed by atoms with E-state index in [2.05, 4.69) is 21.5 Å². The van der Waals surface area contributed by atoms with Gasteiger partial charge >= 0.3 is 0 Å². The molecule has 0 bridgehead atoms. The molecule has 0 aliphatic carbocycles. The molecule has 3 nitrogen and oxygen atoms in total. The lowest BCUT2D eigenvalue weighted by molar-refractivity contribution is 0.392. The predicted octanol–water partition coefficient (Wildman–Crippen LogP) is 0.760. The first-order chi connectivity index (χ1) is 5.36. The van der Waals surface area contributed by atoms with Gasteiger partial charge in [0.05, 0.1) is 6.33 Å². The molecule has 0 radical (unpaired) electrons. The topological polar surface area (TPSA) is 21.1 Å². The molecule has 1 aromatic heterocycles. The Morgan fingerprint density at radius 1 is 1.55 bits per heavy atom. The van der Waals surface area contributed by atoms with Crippen molar-refractivity contribution in [3.05, 3.63) is 18.7 Å². The summed E-state index contributed by atoms with van der Waals surface area (Å²) in [6, 6.07) is 0.655. The molecule has 0 unspecified atom stereocenters. The summed E-state index contributed by atoms with van der Waals surface area (Å²) in [6.45, 7) is 2.37. The third kappa shape index (κ3) is 1.28. The highest BCUT2D eigenvalue weighted by Crippen LogP contribution is 2.18. The number of aromatic nitrogens is 2. The van der Waals surface area contributed by atoms with E-state index in [1.807, 2.05) is 18.7 Å². The Morgan fingerprint density at radius 3 is 3.00 bits per heavy atom. The van der Waals surface area contributed by atoms with Crippen LogP contribution >= 0.6 is 0 Å². The van der Waals surface area contributed by atoms with Crippen molar-refractivity contribution in [2.75, 3.05) is 20.1 Å². The van der Waals surface area contributed by atoms with E-state index in [1.165, 1.54) is 13.0 Å². The van der Waals surface area contributed by atoms with Crippen molar-refractivity contribution in [3.8, 4) is 0 Å². The number of imidazole rings is 1. The number of likely N-dealkylation sites (N-methyl/N-ethyl adjacent to an activating group) is 1. The number of hydrogen-bond acceptors (Lipinski definition) is 2. The molecule has 1 saturated heterocycles. The Labute approximate surface area is 66.6 Å². The number of rotatable bonds is 1. The molecule has 0 amide bonds. The quantitative estimate of drug-likeness (QED) is 0.591. The fourth-order valence-electron chi connectivity index (χ4n) is 1.64. The zero-order valence-electron chi connectivity index (χ0n) is 6.77. The second kappa shape index (κ2) is 2.66. The molecule has 2 heterocycles. The average molecular weight is 151 g/mol. The van der Waals surface area contributed by atoms with Gasteiger partial charge in [0.25, 0.3) is 0 Å². The lowest BCUT2D eigenvalue weighted by Gasteiger charge is -2.10. The lowest BCUT2D eigenvalue weighted by Crippen LogP contribution is -2.15. The fraction of sp³-hybridized carbons (Fsp3) is 0.625. The van der Waals surface area contributed by atoms with Crippen molar-refractivity contribution >= 4 is 0 Å². The van der Waals surface area contributed by atoms with Gasteiger partial charge < -0.3 is 9.47 Å². The smallest absolute Gasteiger partial charge is 0.0948 e. The largest absolute Gasteiger partial charge is 0.333 e. The van der Waals surface area contributed by atoms with Crippen LogP contribution in [-0.2, 0) is 0 Å². The van der Waals surface area contributed by atoms with Crippen LogP contribution in [0.3, 0.4) is 0 Å². The second-order valence-electron chi connectivity index (χ2n) is 3.21. The zero-order valence-corrected chi connectivity index (χ0v) is 6.77. The summed E-state index contributed by atoms with van der Waals surface area (Å²) < 4.78 is 2.20. The molecule has 11 heavy (non-hydrogen) atoms. The molecule has 1 aromatic rings. The summed E-state index contributed by atoms with van der Waals surface area (Å²) in [5, 5.41) is 0. The molecule has 0 saturated carbocycles. The van der Waals surface area contributed by atoms with Crippen molar-refractivity contribution < 1.29 is 0 Å². The van der Waals surface area contributed by atoms with E-state index in [0.29, 0.717) is 6.04 Å². The average Bonchev–Trinajstić information content (AvgIpc) is 2.55. The van der Waals surface area contributed by atoms with Gasteiger partial charge in [0.2, 0.25) is 0 Å². The maximum atomic E-state index is 4.04. The fourth-order valence-corrected chi connectivity index (χ4v) is 1.64. The summed E-state index contributed by atoms with van der Waals surface area (Å²) in [5.74, 6) is 0. The third-order valence-corrected chi connectivity index (χ3v) is 2.31. The van der Waals surface area contributed by atoms with E-state index in [-0.39, 0.29) is 0 Å². The van der Waals surface area contributed by atoms with Crippen molar-refractivity contribution in [2.24, 2.45) is 0 Å². The molecule has 3 heteroatoms. The summed E-state index contributed by atoms with van der Waals surface area (Å²) in [7, 11) is 2.16. The highest BCUT2D eigenvalue weighted by molar-refractivity contribution is 4.85. The van der Waals surface area contributed by atoms with E-state index in [0.717, 1.165) is 6.54 Å². The highest BCUT2D eigenvalue weighted by Gasteiger charge is 2.19. The minimum absolute atomic E-state index is 0.655. The molecule has 1 atom stereocenters. The predicted molar refractivity (Wildman–Crippen MR) is 43.4 cm³/mol. The van der Waals surface area contributed by atoms with Gasteiger partial charge in [-0.05, 0) is 20.0 Å². The van der Waals surface area contributed by atoms with E-state index in [4.69, 9.17) is 0 Å². The lowest BCUT2D eigenvalue weighted by atomic mass is 10.3. The van der Waals surface area contributed by atoms with Crippen molar-refractivity contribution in [1.29, 1.82) is 0 Å². The van der Waals surface area contributed by atoms with Gasteiger partial charge in [-0.25, -0.2) is 4.98 Å². The van der Waals surface area contributed by atoms with E-state index >= 15 is 0 Å². The van der Waals surface area contributed by atoms with E-state index < -0.39 is 0 Å². The maximum absolute atomic E-state index is 4.04. The van der Waals surface area contributed by atoms with Crippen molar-refractivity contribution in [2.45, 2.75) is 12.5 Å². The van der Waals surface area contributed by atoms with Crippen LogP contribution in [0.4, 0.5) is 0 Å². The van der Waals surface area contributed by atoms with Gasteiger partial charge in [-0.1, -0.05) is 0 Å². The highest BCUT2D eigenvalue weighted by atomic mass is 15.2. The van der Waals surface area contributed by atoms with Crippen molar-refractivity contribution in [1.82, 2.24) is 14.5 Å². The molecule has 0 N–H and O–H groups in total. The van der Waals surface area contributed by atoms with Gasteiger partial charge in [-0.2, -0.15) is 0 Å². The minimum Gasteiger partial charge on any atom is -0.333 e. The van der Waals surface area contributed by atoms with Crippen LogP contribution in [-0.4, -0.2) is 34.6 Å². The molecule has 1 aliphatic heterocycles. The number of nitrogens with zero attached hydrogens (tertiary/aromatic N) is 3. The summed E-state index contributed by atoms with van der Waals surface area (Å²) in [5.41, 5.74) is 0. The van der Waals surface area contributed by atoms with Gasteiger partial charge in [-0.3, -0.25) is 0 Å².